The molecule has 0 unspecified atom stereocenters. The van der Waals surface area contributed by atoms with E-state index in [1.807, 2.05) is 26.1 Å². The first kappa shape index (κ1) is 14.2. The van der Waals surface area contributed by atoms with Crippen LogP contribution >= 0.6 is 0 Å². The second kappa shape index (κ2) is 5.66. The Balaban J connectivity index is 1.52. The Morgan fingerprint density at radius 3 is 3.00 bits per heavy atom. The first-order chi connectivity index (χ1) is 11.2. The minimum Gasteiger partial charge on any atom is -0.446 e. The summed E-state index contributed by atoms with van der Waals surface area (Å²) < 4.78 is 5.52. The van der Waals surface area contributed by atoms with Crippen LogP contribution in [0.3, 0.4) is 0 Å². The molecular formula is C18H20N4O. The maximum Gasteiger partial charge on any atom is 0.191 e. The van der Waals surface area contributed by atoms with Gasteiger partial charge in [0.25, 0.3) is 0 Å². The topological polar surface area (TPSA) is 58.0 Å². The fourth-order valence-corrected chi connectivity index (χ4v) is 3.25. The summed E-state index contributed by atoms with van der Waals surface area (Å²) >= 11 is 0. The lowest BCUT2D eigenvalue weighted by atomic mass is 9.99. The number of H-pyrrole nitrogens is 1. The van der Waals surface area contributed by atoms with Crippen LogP contribution in [0, 0.1) is 13.8 Å². The number of nitrogens with zero attached hydrogens (tertiary/aromatic N) is 3. The quantitative estimate of drug-likeness (QED) is 0.805. The van der Waals surface area contributed by atoms with Gasteiger partial charge in [0, 0.05) is 49.9 Å². The molecule has 0 bridgehead atoms. The van der Waals surface area contributed by atoms with E-state index in [1.165, 1.54) is 16.5 Å². The van der Waals surface area contributed by atoms with Gasteiger partial charge in [-0.25, -0.2) is 9.97 Å². The number of rotatable bonds is 3. The van der Waals surface area contributed by atoms with Crippen molar-refractivity contribution in [3.63, 3.8) is 0 Å². The molecule has 3 aromatic rings. The molecule has 0 saturated heterocycles. The van der Waals surface area contributed by atoms with Crippen molar-refractivity contribution in [2.24, 2.45) is 0 Å². The Morgan fingerprint density at radius 1 is 1.35 bits per heavy atom. The van der Waals surface area contributed by atoms with Crippen molar-refractivity contribution >= 4 is 16.6 Å². The Labute approximate surface area is 135 Å². The molecule has 0 saturated carbocycles. The highest BCUT2D eigenvalue weighted by Gasteiger charge is 2.18. The molecule has 4 rings (SSSR count). The van der Waals surface area contributed by atoms with Crippen molar-refractivity contribution in [3.05, 3.63) is 53.5 Å². The van der Waals surface area contributed by atoms with E-state index in [2.05, 4.69) is 38.2 Å². The van der Waals surface area contributed by atoms with E-state index in [0.29, 0.717) is 0 Å². The number of aromatic nitrogens is 3. The van der Waals surface area contributed by atoms with E-state index in [1.54, 1.807) is 0 Å². The van der Waals surface area contributed by atoms with E-state index < -0.39 is 0 Å². The third-order valence-electron chi connectivity index (χ3n) is 4.46. The Hall–Kier alpha value is -2.40. The van der Waals surface area contributed by atoms with Gasteiger partial charge in [-0.15, -0.1) is 0 Å². The predicted octanol–water partition coefficient (Wildman–Crippen LogP) is 3.46. The molecular weight excluding hydrogens is 288 g/mol. The van der Waals surface area contributed by atoms with Crippen molar-refractivity contribution < 1.29 is 4.42 Å². The van der Waals surface area contributed by atoms with Crippen LogP contribution in [0.1, 0.15) is 29.3 Å². The minimum atomic E-state index is 0.747. The van der Waals surface area contributed by atoms with Crippen molar-refractivity contribution in [2.45, 2.75) is 26.8 Å². The van der Waals surface area contributed by atoms with Gasteiger partial charge in [-0.05, 0) is 31.1 Å². The highest BCUT2D eigenvalue weighted by molar-refractivity contribution is 5.90. The Kier molecular flexibility index (Phi) is 3.50. The fraction of sp³-hybridized carbons (Fsp3) is 0.333. The maximum atomic E-state index is 5.52. The molecule has 4 heterocycles. The predicted molar refractivity (Wildman–Crippen MR) is 89.9 cm³/mol. The second-order valence-electron chi connectivity index (χ2n) is 6.05. The molecule has 0 aliphatic carbocycles. The number of aromatic amines is 1. The molecule has 0 radical (unpaired) electrons. The summed E-state index contributed by atoms with van der Waals surface area (Å²) in [6, 6.07) is 4.12. The van der Waals surface area contributed by atoms with E-state index in [0.717, 1.165) is 49.0 Å². The smallest absolute Gasteiger partial charge is 0.191 e. The molecule has 5 heteroatoms. The van der Waals surface area contributed by atoms with E-state index in [4.69, 9.17) is 4.42 Å². The molecule has 5 nitrogen and oxygen atoms in total. The van der Waals surface area contributed by atoms with Crippen molar-refractivity contribution in [3.8, 4) is 0 Å². The van der Waals surface area contributed by atoms with Crippen molar-refractivity contribution in [2.75, 3.05) is 13.1 Å². The van der Waals surface area contributed by atoms with Gasteiger partial charge in [0.1, 0.15) is 11.4 Å². The standard InChI is InChI=1S/C18H20N4O/c1-12-17(21-13(2)23-12)11-22-8-5-14(6-9-22)16-10-20-18-15(16)4-3-7-19-18/h3-5,7,10H,6,8-9,11H2,1-2H3,(H,19,20). The zero-order valence-corrected chi connectivity index (χ0v) is 13.5. The molecule has 118 valence electrons. The second-order valence-corrected chi connectivity index (χ2v) is 6.05. The average Bonchev–Trinajstić information content (AvgIpc) is 3.12. The summed E-state index contributed by atoms with van der Waals surface area (Å²) in [7, 11) is 0. The van der Waals surface area contributed by atoms with Crippen molar-refractivity contribution in [1.82, 2.24) is 19.9 Å². The van der Waals surface area contributed by atoms with E-state index >= 15 is 0 Å². The van der Waals surface area contributed by atoms with E-state index in [9.17, 15) is 0 Å². The Morgan fingerprint density at radius 2 is 2.26 bits per heavy atom. The molecule has 1 aliphatic heterocycles. The molecule has 0 aromatic carbocycles. The largest absolute Gasteiger partial charge is 0.446 e. The molecule has 0 spiro atoms. The van der Waals surface area contributed by atoms with Gasteiger partial charge in [-0.2, -0.15) is 0 Å². The average molecular weight is 308 g/mol. The number of pyridine rings is 1. The summed E-state index contributed by atoms with van der Waals surface area (Å²) in [5, 5.41) is 1.20. The molecule has 0 amide bonds. The fourth-order valence-electron chi connectivity index (χ4n) is 3.25. The molecule has 1 aliphatic rings. The van der Waals surface area contributed by atoms with Crippen LogP contribution in [0.2, 0.25) is 0 Å². The lowest BCUT2D eigenvalue weighted by Crippen LogP contribution is -2.28. The monoisotopic (exact) mass is 308 g/mol. The summed E-state index contributed by atoms with van der Waals surface area (Å²) in [6.45, 7) is 6.70. The lowest BCUT2D eigenvalue weighted by Gasteiger charge is -2.25. The van der Waals surface area contributed by atoms with Gasteiger partial charge < -0.3 is 9.40 Å². The third kappa shape index (κ3) is 2.68. The molecule has 3 aromatic heterocycles. The highest BCUT2D eigenvalue weighted by atomic mass is 16.4. The third-order valence-corrected chi connectivity index (χ3v) is 4.46. The van der Waals surface area contributed by atoms with Crippen LogP contribution in [0.4, 0.5) is 0 Å². The molecule has 0 atom stereocenters. The maximum absolute atomic E-state index is 5.52. The lowest BCUT2D eigenvalue weighted by molar-refractivity contribution is 0.289. The van der Waals surface area contributed by atoms with Crippen LogP contribution in [-0.4, -0.2) is 32.9 Å². The number of nitrogens with one attached hydrogen (secondary N) is 1. The molecule has 23 heavy (non-hydrogen) atoms. The SMILES string of the molecule is Cc1nc(CN2CC=C(c3c[nH]c4ncccc34)CC2)c(C)o1. The van der Waals surface area contributed by atoms with Gasteiger partial charge in [0.05, 0.1) is 5.69 Å². The van der Waals surface area contributed by atoms with Crippen LogP contribution < -0.4 is 0 Å². The van der Waals surface area contributed by atoms with Crippen LogP contribution in [-0.2, 0) is 6.54 Å². The Bertz CT molecular complexity index is 874. The zero-order chi connectivity index (χ0) is 15.8. The van der Waals surface area contributed by atoms with E-state index in [-0.39, 0.29) is 0 Å². The van der Waals surface area contributed by atoms with Gasteiger partial charge in [-0.3, -0.25) is 4.90 Å². The molecule has 0 fully saturated rings. The number of hydrogen-bond acceptors (Lipinski definition) is 4. The van der Waals surface area contributed by atoms with Gasteiger partial charge in [-0.1, -0.05) is 6.08 Å². The summed E-state index contributed by atoms with van der Waals surface area (Å²) in [6.07, 6.45) is 7.26. The van der Waals surface area contributed by atoms with Gasteiger partial charge in [0.2, 0.25) is 0 Å². The number of aryl methyl sites for hydroxylation is 2. The normalized spacial score (nSPS) is 16.0. The van der Waals surface area contributed by atoms with Gasteiger partial charge >= 0.3 is 0 Å². The minimum absolute atomic E-state index is 0.747. The highest BCUT2D eigenvalue weighted by Crippen LogP contribution is 2.28. The van der Waals surface area contributed by atoms with Crippen LogP contribution in [0.15, 0.2) is 35.0 Å². The summed E-state index contributed by atoms with van der Waals surface area (Å²) in [5.41, 5.74) is 4.69. The van der Waals surface area contributed by atoms with Crippen LogP contribution in [0.5, 0.6) is 0 Å². The number of fused-ring (bicyclic) bond motifs is 1. The summed E-state index contributed by atoms with van der Waals surface area (Å²) in [4.78, 5) is 14.5. The first-order valence-electron chi connectivity index (χ1n) is 7.97. The molecule has 1 N–H and O–H groups in total. The van der Waals surface area contributed by atoms with Crippen LogP contribution in [0.25, 0.3) is 16.6 Å². The first-order valence-corrected chi connectivity index (χ1v) is 7.97. The van der Waals surface area contributed by atoms with Gasteiger partial charge in [0.15, 0.2) is 5.89 Å². The van der Waals surface area contributed by atoms with Crippen molar-refractivity contribution in [1.29, 1.82) is 0 Å². The summed E-state index contributed by atoms with van der Waals surface area (Å²) in [5.74, 6) is 1.68. The number of oxazole rings is 1. The zero-order valence-electron chi connectivity index (χ0n) is 13.5. The number of hydrogen-bond donors (Lipinski definition) is 1.